The number of ether oxygens (including phenoxy) is 1. The van der Waals surface area contributed by atoms with Gasteiger partial charge in [-0.3, -0.25) is 4.79 Å². The van der Waals surface area contributed by atoms with Gasteiger partial charge >= 0.3 is 11.9 Å². The number of carbonyl (C=O) groups excluding carboxylic acids is 1. The van der Waals surface area contributed by atoms with Crippen molar-refractivity contribution in [1.82, 2.24) is 0 Å². The molecule has 1 aromatic carbocycles. The zero-order valence-electron chi connectivity index (χ0n) is 11.3. The zero-order chi connectivity index (χ0) is 15.8. The molecule has 0 bridgehead atoms. The Kier molecular flexibility index (Phi) is 6.77. The molecule has 116 valence electrons. The third-order valence-corrected chi connectivity index (χ3v) is 2.94. The van der Waals surface area contributed by atoms with Crippen molar-refractivity contribution in [1.29, 1.82) is 0 Å². The maximum atomic E-state index is 13.8. The lowest BCUT2D eigenvalue weighted by molar-refractivity contribution is -0.173. The maximum absolute atomic E-state index is 13.8. The van der Waals surface area contributed by atoms with Crippen LogP contribution < -0.4 is 5.73 Å². The minimum absolute atomic E-state index is 0.00428. The van der Waals surface area contributed by atoms with Gasteiger partial charge in [0.25, 0.3) is 6.36 Å². The van der Waals surface area contributed by atoms with Crippen molar-refractivity contribution in [3.05, 3.63) is 35.9 Å². The number of hydrogen-bond donors (Lipinski definition) is 3. The van der Waals surface area contributed by atoms with Gasteiger partial charge in [-0.2, -0.15) is 4.39 Å². The monoisotopic (exact) mass is 299 g/mol. The van der Waals surface area contributed by atoms with E-state index in [0.717, 1.165) is 0 Å². The number of aliphatic carboxylic acids is 1. The Labute approximate surface area is 121 Å². The number of benzene rings is 1. The summed E-state index contributed by atoms with van der Waals surface area (Å²) in [7, 11) is 0. The van der Waals surface area contributed by atoms with Crippen molar-refractivity contribution >= 4 is 11.9 Å². The van der Waals surface area contributed by atoms with E-state index in [9.17, 15) is 19.1 Å². The first kappa shape index (κ1) is 17.1. The summed E-state index contributed by atoms with van der Waals surface area (Å²) in [5.74, 6) is -4.02. The van der Waals surface area contributed by atoms with Crippen molar-refractivity contribution in [3.63, 3.8) is 0 Å². The number of nitrogens with two attached hydrogens (primary N) is 1. The number of alkyl halides is 1. The third kappa shape index (κ3) is 5.13. The largest absolute Gasteiger partial charge is 0.479 e. The van der Waals surface area contributed by atoms with E-state index in [-0.39, 0.29) is 18.5 Å². The van der Waals surface area contributed by atoms with Crippen LogP contribution in [0.15, 0.2) is 30.3 Å². The van der Waals surface area contributed by atoms with Crippen LogP contribution in [0.1, 0.15) is 24.8 Å². The van der Waals surface area contributed by atoms with Gasteiger partial charge in [0.2, 0.25) is 0 Å². The van der Waals surface area contributed by atoms with Crippen molar-refractivity contribution < 1.29 is 28.9 Å². The van der Waals surface area contributed by atoms with Gasteiger partial charge in [-0.1, -0.05) is 30.3 Å². The van der Waals surface area contributed by atoms with E-state index in [1.165, 1.54) is 12.1 Å². The van der Waals surface area contributed by atoms with Crippen molar-refractivity contribution in [2.24, 2.45) is 11.7 Å². The van der Waals surface area contributed by atoms with Gasteiger partial charge in [-0.15, -0.1) is 0 Å². The minimum Gasteiger partial charge on any atom is -0.479 e. The Morgan fingerprint density at radius 2 is 1.90 bits per heavy atom. The maximum Gasteiger partial charge on any atom is 0.333 e. The average Bonchev–Trinajstić information content (AvgIpc) is 2.48. The Balaban J connectivity index is 2.73. The van der Waals surface area contributed by atoms with Crippen LogP contribution in [0.4, 0.5) is 4.39 Å². The van der Waals surface area contributed by atoms with E-state index in [0.29, 0.717) is 6.42 Å². The fourth-order valence-corrected chi connectivity index (χ4v) is 1.78. The summed E-state index contributed by atoms with van der Waals surface area (Å²) < 4.78 is 18.4. The molecule has 1 rings (SSSR count). The Morgan fingerprint density at radius 1 is 1.29 bits per heavy atom. The highest BCUT2D eigenvalue weighted by atomic mass is 19.1. The summed E-state index contributed by atoms with van der Waals surface area (Å²) in [4.78, 5) is 22.6. The second-order valence-corrected chi connectivity index (χ2v) is 4.48. The number of rotatable bonds is 8. The number of esters is 1. The molecule has 21 heavy (non-hydrogen) atoms. The van der Waals surface area contributed by atoms with Crippen LogP contribution in [-0.2, 0) is 14.3 Å². The molecular formula is C14H18FNO5. The first-order valence-corrected chi connectivity index (χ1v) is 6.47. The summed E-state index contributed by atoms with van der Waals surface area (Å²) in [5, 5.41) is 18.3. The zero-order valence-corrected chi connectivity index (χ0v) is 11.3. The Morgan fingerprint density at radius 3 is 2.43 bits per heavy atom. The highest BCUT2D eigenvalue weighted by Gasteiger charge is 2.34. The van der Waals surface area contributed by atoms with Crippen molar-refractivity contribution in [2.75, 3.05) is 6.54 Å². The van der Waals surface area contributed by atoms with Crippen LogP contribution in [0.25, 0.3) is 0 Å². The second-order valence-electron chi connectivity index (χ2n) is 4.48. The highest BCUT2D eigenvalue weighted by molar-refractivity contribution is 5.82. The van der Waals surface area contributed by atoms with Crippen LogP contribution >= 0.6 is 0 Å². The van der Waals surface area contributed by atoms with E-state index in [2.05, 4.69) is 4.74 Å². The van der Waals surface area contributed by atoms with E-state index >= 15 is 0 Å². The molecule has 0 radical (unpaired) electrons. The average molecular weight is 299 g/mol. The predicted molar refractivity (Wildman–Crippen MR) is 71.8 cm³/mol. The smallest absolute Gasteiger partial charge is 0.333 e. The molecule has 3 atom stereocenters. The molecule has 6 nitrogen and oxygen atoms in total. The summed E-state index contributed by atoms with van der Waals surface area (Å²) in [5.41, 5.74) is 5.42. The van der Waals surface area contributed by atoms with E-state index < -0.39 is 30.3 Å². The summed E-state index contributed by atoms with van der Waals surface area (Å²) in [6, 6.07) is 7.69. The van der Waals surface area contributed by atoms with E-state index in [1.54, 1.807) is 18.2 Å². The minimum atomic E-state index is -2.01. The molecule has 1 aromatic rings. The molecule has 0 aromatic heterocycles. The number of aliphatic hydroxyl groups excluding tert-OH is 1. The lowest BCUT2D eigenvalue weighted by Gasteiger charge is -2.20. The number of carboxylic acids is 1. The normalized spacial score (nSPS) is 15.0. The lowest BCUT2D eigenvalue weighted by atomic mass is 9.97. The SMILES string of the molecule is NCCCC(C(=O)OC(F)c1ccccc1)C(O)C(=O)O. The molecule has 0 amide bonds. The van der Waals surface area contributed by atoms with E-state index in [4.69, 9.17) is 10.8 Å². The van der Waals surface area contributed by atoms with Gasteiger partial charge in [-0.25, -0.2) is 4.79 Å². The molecule has 3 unspecified atom stereocenters. The molecule has 0 aliphatic carbocycles. The molecular weight excluding hydrogens is 281 g/mol. The summed E-state index contributed by atoms with van der Waals surface area (Å²) >= 11 is 0. The molecule has 0 aliphatic heterocycles. The van der Waals surface area contributed by atoms with Crippen LogP contribution in [0.2, 0.25) is 0 Å². The van der Waals surface area contributed by atoms with Crippen LogP contribution in [0, 0.1) is 5.92 Å². The van der Waals surface area contributed by atoms with Gasteiger partial charge in [0.15, 0.2) is 6.10 Å². The predicted octanol–water partition coefficient (Wildman–Crippen LogP) is 0.998. The van der Waals surface area contributed by atoms with Crippen LogP contribution in [0.5, 0.6) is 0 Å². The fraction of sp³-hybridized carbons (Fsp3) is 0.429. The molecule has 0 saturated carbocycles. The number of carbonyl (C=O) groups is 2. The van der Waals surface area contributed by atoms with Gasteiger partial charge in [0, 0.05) is 5.56 Å². The molecule has 7 heteroatoms. The number of aliphatic hydroxyl groups is 1. The molecule has 0 fully saturated rings. The molecule has 0 aliphatic rings. The Hall–Kier alpha value is -1.99. The van der Waals surface area contributed by atoms with Gasteiger partial charge in [0.1, 0.15) is 0 Å². The highest BCUT2D eigenvalue weighted by Crippen LogP contribution is 2.23. The fourth-order valence-electron chi connectivity index (χ4n) is 1.78. The number of hydrogen-bond acceptors (Lipinski definition) is 5. The van der Waals surface area contributed by atoms with Gasteiger partial charge in [0.05, 0.1) is 5.92 Å². The standard InChI is InChI=1S/C14H18FNO5/c15-12(9-5-2-1-3-6-9)21-14(20)10(7-4-8-16)11(17)13(18)19/h1-3,5-6,10-12,17H,4,7-8,16H2,(H,18,19). The van der Waals surface area contributed by atoms with Crippen LogP contribution in [0.3, 0.4) is 0 Å². The first-order chi connectivity index (χ1) is 9.97. The topological polar surface area (TPSA) is 110 Å². The lowest BCUT2D eigenvalue weighted by Crippen LogP contribution is -2.36. The molecule has 4 N–H and O–H groups in total. The second kappa shape index (κ2) is 8.33. The molecule has 0 spiro atoms. The Bertz CT molecular complexity index is 468. The van der Waals surface area contributed by atoms with Gasteiger partial charge < -0.3 is 20.7 Å². The number of carboxylic acid groups (broad SMARTS) is 1. The van der Waals surface area contributed by atoms with Crippen molar-refractivity contribution in [3.8, 4) is 0 Å². The quantitative estimate of drug-likeness (QED) is 0.618. The van der Waals surface area contributed by atoms with Crippen molar-refractivity contribution in [2.45, 2.75) is 25.3 Å². The summed E-state index contributed by atoms with van der Waals surface area (Å²) in [6.07, 6.45) is -3.65. The van der Waals surface area contributed by atoms with E-state index in [1.807, 2.05) is 0 Å². The molecule has 0 heterocycles. The number of halogens is 1. The first-order valence-electron chi connectivity index (χ1n) is 6.47. The van der Waals surface area contributed by atoms with Crippen LogP contribution in [-0.4, -0.2) is 34.8 Å². The third-order valence-electron chi connectivity index (χ3n) is 2.94. The van der Waals surface area contributed by atoms with Gasteiger partial charge in [-0.05, 0) is 19.4 Å². The molecule has 0 saturated heterocycles. The summed E-state index contributed by atoms with van der Waals surface area (Å²) in [6.45, 7) is 0.216.